The average Bonchev–Trinajstić information content (AvgIpc) is 2.08. The quantitative estimate of drug-likeness (QED) is 0.0436. The average molecular weight is 1230 g/mol. The van der Waals surface area contributed by atoms with Crippen molar-refractivity contribution in [3.63, 3.8) is 0 Å². The number of carbonyl (C=O) groups is 7. The number of ether oxygens (including phenoxy) is 1. The summed E-state index contributed by atoms with van der Waals surface area (Å²) in [6.45, 7) is 6.23. The fourth-order valence-corrected chi connectivity index (χ4v) is 11.0. The van der Waals surface area contributed by atoms with E-state index in [0.717, 1.165) is 70.9 Å². The fraction of sp³-hybridized carbons (Fsp3) is 0.508. The lowest BCUT2D eigenvalue weighted by Gasteiger charge is -2.34. The van der Waals surface area contributed by atoms with Crippen LogP contribution in [-0.2, 0) is 28.8 Å². The van der Waals surface area contributed by atoms with Gasteiger partial charge in [0.2, 0.25) is 35.4 Å². The van der Waals surface area contributed by atoms with Crippen LogP contribution in [0.3, 0.4) is 0 Å². The molecule has 7 unspecified atom stereocenters. The number of hydrogen-bond donors (Lipinski definition) is 14. The minimum atomic E-state index is -2.28. The Labute approximate surface area is 511 Å². The number of rotatable bonds is 18. The van der Waals surface area contributed by atoms with Crippen molar-refractivity contribution in [2.24, 2.45) is 5.92 Å². The maximum atomic E-state index is 14.8. The molecular weight excluding hydrogens is 1140 g/mol. The van der Waals surface area contributed by atoms with E-state index in [9.17, 15) is 74.4 Å². The van der Waals surface area contributed by atoms with Gasteiger partial charge in [0.25, 0.3) is 5.91 Å². The molecule has 25 nitrogen and oxygen atoms in total. The Morgan fingerprint density at radius 2 is 1.19 bits per heavy atom. The van der Waals surface area contributed by atoms with Crippen LogP contribution in [0.4, 0.5) is 0 Å². The summed E-state index contributed by atoms with van der Waals surface area (Å²) in [5, 5.41) is 106. The van der Waals surface area contributed by atoms with E-state index in [4.69, 9.17) is 4.74 Å². The van der Waals surface area contributed by atoms with Gasteiger partial charge in [0.1, 0.15) is 66.1 Å². The number of fused-ring (bicyclic) bond motifs is 2. The normalized spacial score (nSPS) is 26.7. The lowest BCUT2D eigenvalue weighted by atomic mass is 9.96. The predicted molar refractivity (Wildman–Crippen MR) is 322 cm³/mol. The number of phenolic OH excluding ortho intramolecular Hbond substituents is 1. The summed E-state index contributed by atoms with van der Waals surface area (Å²) in [7, 11) is 5.64. The maximum Gasteiger partial charge on any atom is 0.251 e. The number of aliphatic hydroxyl groups excluding tert-OH is 7. The van der Waals surface area contributed by atoms with Gasteiger partial charge in [-0.15, -0.1) is 0 Å². The van der Waals surface area contributed by atoms with Crippen LogP contribution in [-0.4, -0.2) is 229 Å². The zero-order chi connectivity index (χ0) is 64.3. The van der Waals surface area contributed by atoms with Crippen LogP contribution in [0.1, 0.15) is 81.8 Å². The molecule has 25 heteroatoms. The molecule has 0 aliphatic carbocycles. The Balaban J connectivity index is 1.23. The van der Waals surface area contributed by atoms with Gasteiger partial charge < -0.3 is 86.5 Å². The number of unbranched alkanes of at least 4 members (excludes halogenated alkanes) is 2. The molecule has 0 radical (unpaired) electrons. The van der Waals surface area contributed by atoms with Crippen LogP contribution in [0.5, 0.6) is 11.5 Å². The molecule has 14 N–H and O–H groups in total. The van der Waals surface area contributed by atoms with Gasteiger partial charge in [0.05, 0.1) is 64.8 Å². The second-order valence-electron chi connectivity index (χ2n) is 24.3. The van der Waals surface area contributed by atoms with Crippen molar-refractivity contribution < 1.29 is 83.6 Å². The highest BCUT2D eigenvalue weighted by Crippen LogP contribution is 2.30. The van der Waals surface area contributed by atoms with Crippen molar-refractivity contribution in [3.05, 3.63) is 108 Å². The number of aromatic hydroxyl groups is 1. The van der Waals surface area contributed by atoms with Gasteiger partial charge in [-0.3, -0.25) is 38.9 Å². The lowest BCUT2D eigenvalue weighted by molar-refractivity contribution is -0.869. The molecule has 4 aromatic rings. The highest BCUT2D eigenvalue weighted by Gasteiger charge is 2.50. The van der Waals surface area contributed by atoms with E-state index < -0.39 is 152 Å². The minimum absolute atomic E-state index is 0.0578. The van der Waals surface area contributed by atoms with Gasteiger partial charge in [0.15, 0.2) is 0 Å². The number of benzene rings is 4. The first-order valence-electron chi connectivity index (χ1n) is 29.8. The summed E-state index contributed by atoms with van der Waals surface area (Å²) in [5.74, 6) is -8.06. The molecule has 0 aromatic heterocycles. The molecule has 3 aliphatic heterocycles. The van der Waals surface area contributed by atoms with Gasteiger partial charge >= 0.3 is 0 Å². The van der Waals surface area contributed by atoms with Crippen molar-refractivity contribution in [2.45, 2.75) is 145 Å². The zero-order valence-corrected chi connectivity index (χ0v) is 50.7. The van der Waals surface area contributed by atoms with Gasteiger partial charge in [-0.25, -0.2) is 0 Å². The van der Waals surface area contributed by atoms with E-state index in [1.54, 1.807) is 12.1 Å². The molecule has 0 bridgehead atoms. The highest BCUT2D eigenvalue weighted by molar-refractivity contribution is 6.00. The Morgan fingerprint density at radius 3 is 1.75 bits per heavy atom. The molecular formula is C63H86N9O16+. The van der Waals surface area contributed by atoms with Gasteiger partial charge in [-0.2, -0.15) is 0 Å². The predicted octanol–water partition coefficient (Wildman–Crippen LogP) is -0.624. The van der Waals surface area contributed by atoms with E-state index >= 15 is 0 Å². The number of hydrogen-bond acceptors (Lipinski definition) is 17. The monoisotopic (exact) mass is 1220 g/mol. The van der Waals surface area contributed by atoms with E-state index in [-0.39, 0.29) is 30.0 Å². The highest BCUT2D eigenvalue weighted by atomic mass is 16.5. The van der Waals surface area contributed by atoms with Crippen LogP contribution in [0.15, 0.2) is 97.1 Å². The topological polar surface area (TPSA) is 369 Å². The molecule has 478 valence electrons. The molecule has 7 rings (SSSR count). The van der Waals surface area contributed by atoms with E-state index in [1.165, 1.54) is 43.3 Å². The van der Waals surface area contributed by atoms with Crippen LogP contribution in [0.25, 0.3) is 22.3 Å². The summed E-state index contributed by atoms with van der Waals surface area (Å²) < 4.78 is 6.26. The van der Waals surface area contributed by atoms with Crippen molar-refractivity contribution in [3.8, 4) is 33.8 Å². The molecule has 3 fully saturated rings. The Hall–Kier alpha value is -7.59. The Morgan fingerprint density at radius 1 is 0.659 bits per heavy atom. The number of nitrogens with zero attached hydrogens (tertiary/aromatic N) is 3. The van der Waals surface area contributed by atoms with Gasteiger partial charge in [-0.05, 0) is 84.5 Å². The molecule has 7 amide bonds. The smallest absolute Gasteiger partial charge is 0.251 e. The first kappa shape index (κ1) is 67.9. The molecule has 3 aliphatic rings. The number of carbonyl (C=O) groups excluding carboxylic acids is 7. The Kier molecular flexibility index (Phi) is 23.2. The van der Waals surface area contributed by atoms with Gasteiger partial charge in [-0.1, -0.05) is 87.4 Å². The standard InChI is InChI=1S/C63H85N9O16/c1-8-9-10-29-88-45-25-21-40(22-26-45)38-13-11-37(12-14-38)39-15-17-42(18-16-39)57(81)65-46-31-48(77)56(64-27-28-72(5,6)7)69-61(85)52-53(78)34(2)32-71(52)63(87)50(36(4)74)67-60(84)51(55(80)54(79)41-19-23-43(75)24-20-41)68-59(83)47-30-44(76)33-70(47)62(86)49(35(3)73)66-58(46)82/h11-26,34-36,44,46-56,64,73-74,76-80H,8-10,27-33H2,1-7H3,(H5-,65,66,67,68,69,75,81,82,83,84,85)/p+1/t34-,35+,36+,44+,46?,47?,48+,49?,50?,51?,52?,53-,54-,55-,56?/m0/s1. The zero-order valence-electron chi connectivity index (χ0n) is 50.7. The Bertz CT molecular complexity index is 3040. The number of quaternary nitrogens is 1. The number of aliphatic hydroxyl groups is 7. The summed E-state index contributed by atoms with van der Waals surface area (Å²) in [4.78, 5) is 104. The largest absolute Gasteiger partial charge is 0.508 e. The summed E-state index contributed by atoms with van der Waals surface area (Å²) in [6.07, 6.45) is -12.1. The molecule has 3 heterocycles. The third-order valence-electron chi connectivity index (χ3n) is 16.2. The van der Waals surface area contributed by atoms with Gasteiger partial charge in [0, 0.05) is 44.0 Å². The fourth-order valence-electron chi connectivity index (χ4n) is 11.0. The first-order valence-corrected chi connectivity index (χ1v) is 29.8. The van der Waals surface area contributed by atoms with Crippen LogP contribution in [0.2, 0.25) is 0 Å². The number of likely N-dealkylation sites (N-methyl/N-ethyl adjacent to an activating group) is 1. The maximum absolute atomic E-state index is 14.8. The molecule has 3 saturated heterocycles. The molecule has 4 aromatic carbocycles. The van der Waals surface area contributed by atoms with E-state index in [2.05, 4.69) is 38.8 Å². The molecule has 0 spiro atoms. The lowest BCUT2D eigenvalue weighted by Crippen LogP contribution is -2.64. The van der Waals surface area contributed by atoms with Crippen molar-refractivity contribution >= 4 is 41.4 Å². The van der Waals surface area contributed by atoms with E-state index in [1.807, 2.05) is 69.7 Å². The second kappa shape index (κ2) is 30.1. The van der Waals surface area contributed by atoms with Crippen molar-refractivity contribution in [1.29, 1.82) is 0 Å². The number of phenols is 1. The van der Waals surface area contributed by atoms with Crippen LogP contribution >= 0.6 is 0 Å². The minimum Gasteiger partial charge on any atom is -0.508 e. The van der Waals surface area contributed by atoms with E-state index in [0.29, 0.717) is 17.6 Å². The summed E-state index contributed by atoms with van der Waals surface area (Å²) in [5.41, 5.74) is 3.52. The van der Waals surface area contributed by atoms with Crippen molar-refractivity contribution in [1.82, 2.24) is 41.7 Å². The summed E-state index contributed by atoms with van der Waals surface area (Å²) >= 11 is 0. The molecule has 88 heavy (non-hydrogen) atoms. The molecule has 15 atom stereocenters. The molecule has 0 saturated carbocycles. The third-order valence-corrected chi connectivity index (χ3v) is 16.2. The SMILES string of the molecule is CCCCCOc1ccc(-c2ccc(-c3ccc(C(=O)NC4C[C@@H](O)C(NCC[N+](C)(C)C)NC(=O)C5[C@@H](O)[C@@H](C)CN5C(=O)C([C@@H](C)O)NC(=O)C([C@H](O)[C@@H](O)c5ccc(O)cc5)NC(=O)C5C[C@@H](O)CN5C(=O)C([C@@H](C)O)NC4=O)cc3)cc2)cc1. The first-order chi connectivity index (χ1) is 41.6. The number of amides is 7. The third kappa shape index (κ3) is 17.2. The summed E-state index contributed by atoms with van der Waals surface area (Å²) in [6, 6.07) is 15.5. The number of nitrogens with one attached hydrogen (secondary N) is 6. The van der Waals surface area contributed by atoms with Crippen LogP contribution < -0.4 is 36.6 Å². The van der Waals surface area contributed by atoms with Crippen molar-refractivity contribution in [2.75, 3.05) is 53.9 Å². The van der Waals surface area contributed by atoms with Crippen LogP contribution in [0, 0.1) is 5.92 Å². The second-order valence-corrected chi connectivity index (χ2v) is 24.3.